The minimum Gasteiger partial charge on any atom is -0.317 e. The number of hydrogen-bond acceptors (Lipinski definition) is 2. The molecule has 104 valence electrons. The van der Waals surface area contributed by atoms with Crippen LogP contribution in [0.3, 0.4) is 0 Å². The number of nitrogens with one attached hydrogen (secondary N) is 1. The van der Waals surface area contributed by atoms with E-state index in [-0.39, 0.29) is 5.82 Å². The third-order valence-electron chi connectivity index (χ3n) is 4.89. The molecule has 0 bridgehead atoms. The summed E-state index contributed by atoms with van der Waals surface area (Å²) in [5.41, 5.74) is 1.43. The first-order valence-corrected chi connectivity index (χ1v) is 7.32. The molecule has 0 amide bonds. The molecule has 1 aliphatic carbocycles. The van der Waals surface area contributed by atoms with Gasteiger partial charge in [0.2, 0.25) is 0 Å². The molecule has 1 N–H and O–H groups in total. The van der Waals surface area contributed by atoms with Crippen molar-refractivity contribution < 1.29 is 4.39 Å². The van der Waals surface area contributed by atoms with E-state index in [2.05, 4.69) is 17.3 Å². The van der Waals surface area contributed by atoms with E-state index in [0.717, 1.165) is 24.6 Å². The average Bonchev–Trinajstić information content (AvgIpc) is 3.04. The van der Waals surface area contributed by atoms with Crippen LogP contribution in [0.15, 0.2) is 24.3 Å². The predicted molar refractivity (Wildman–Crippen MR) is 75.4 cm³/mol. The molecule has 19 heavy (non-hydrogen) atoms. The summed E-state index contributed by atoms with van der Waals surface area (Å²) in [5.74, 6) is 0.744. The maximum Gasteiger partial charge on any atom is 0.127 e. The number of nitrogens with zero attached hydrogens (tertiary/aromatic N) is 1. The molecule has 3 heteroatoms. The van der Waals surface area contributed by atoms with Gasteiger partial charge in [-0.05, 0) is 56.8 Å². The molecule has 1 heterocycles. The molecule has 1 aromatic carbocycles. The Morgan fingerprint density at radius 2 is 2.05 bits per heavy atom. The van der Waals surface area contributed by atoms with Crippen LogP contribution in [0.5, 0.6) is 0 Å². The Bertz CT molecular complexity index is 440. The number of benzene rings is 1. The molecule has 3 rings (SSSR count). The van der Waals surface area contributed by atoms with Gasteiger partial charge in [0.1, 0.15) is 5.82 Å². The summed E-state index contributed by atoms with van der Waals surface area (Å²) in [6.45, 7) is 4.17. The van der Waals surface area contributed by atoms with E-state index in [9.17, 15) is 4.39 Å². The fourth-order valence-electron chi connectivity index (χ4n) is 3.59. The lowest BCUT2D eigenvalue weighted by atomic mass is 9.92. The van der Waals surface area contributed by atoms with Gasteiger partial charge in [0, 0.05) is 18.7 Å². The Kier molecular flexibility index (Phi) is 3.59. The quantitative estimate of drug-likeness (QED) is 0.897. The van der Waals surface area contributed by atoms with Crippen molar-refractivity contribution in [3.8, 4) is 0 Å². The third kappa shape index (κ3) is 2.82. The zero-order chi connectivity index (χ0) is 13.3. The average molecular weight is 262 g/mol. The molecule has 2 fully saturated rings. The van der Waals surface area contributed by atoms with E-state index in [1.807, 2.05) is 12.1 Å². The van der Waals surface area contributed by atoms with Crippen molar-refractivity contribution in [3.63, 3.8) is 0 Å². The first kappa shape index (κ1) is 13.1. The zero-order valence-electron chi connectivity index (χ0n) is 11.7. The second-order valence-corrected chi connectivity index (χ2v) is 6.30. The topological polar surface area (TPSA) is 15.3 Å². The summed E-state index contributed by atoms with van der Waals surface area (Å²) in [5, 5.41) is 3.44. The highest BCUT2D eigenvalue weighted by Crippen LogP contribution is 2.58. The van der Waals surface area contributed by atoms with E-state index in [4.69, 9.17) is 0 Å². The number of piperidine rings is 1. The molecule has 0 radical (unpaired) electrons. The summed E-state index contributed by atoms with van der Waals surface area (Å²) in [6.07, 6.45) is 4.02. The van der Waals surface area contributed by atoms with Crippen LogP contribution in [0.1, 0.15) is 24.8 Å². The molecule has 1 atom stereocenters. The summed E-state index contributed by atoms with van der Waals surface area (Å²) < 4.78 is 13.6. The molecule has 1 aromatic rings. The molecular weight excluding hydrogens is 239 g/mol. The van der Waals surface area contributed by atoms with Crippen LogP contribution in [0.4, 0.5) is 4.39 Å². The van der Waals surface area contributed by atoms with Gasteiger partial charge in [-0.15, -0.1) is 0 Å². The second-order valence-electron chi connectivity index (χ2n) is 6.30. The van der Waals surface area contributed by atoms with Crippen molar-refractivity contribution in [3.05, 3.63) is 35.6 Å². The maximum atomic E-state index is 13.6. The van der Waals surface area contributed by atoms with Crippen LogP contribution in [0.2, 0.25) is 0 Å². The van der Waals surface area contributed by atoms with E-state index in [0.29, 0.717) is 5.41 Å². The van der Waals surface area contributed by atoms with Crippen LogP contribution in [-0.2, 0) is 6.54 Å². The van der Waals surface area contributed by atoms with E-state index in [1.165, 1.54) is 32.4 Å². The highest BCUT2D eigenvalue weighted by atomic mass is 19.1. The fraction of sp³-hybridized carbons (Fsp3) is 0.625. The van der Waals surface area contributed by atoms with Crippen molar-refractivity contribution in [2.45, 2.75) is 25.8 Å². The zero-order valence-corrected chi connectivity index (χ0v) is 11.7. The van der Waals surface area contributed by atoms with Gasteiger partial charge >= 0.3 is 0 Å². The Balaban J connectivity index is 1.53. The minimum atomic E-state index is -0.0817. The largest absolute Gasteiger partial charge is 0.317 e. The fourth-order valence-corrected chi connectivity index (χ4v) is 3.59. The summed E-state index contributed by atoms with van der Waals surface area (Å²) in [4.78, 5) is 2.28. The van der Waals surface area contributed by atoms with E-state index >= 15 is 0 Å². The predicted octanol–water partition coefficient (Wildman–Crippen LogP) is 2.65. The molecule has 2 nitrogen and oxygen atoms in total. The third-order valence-corrected chi connectivity index (χ3v) is 4.89. The molecule has 0 aromatic heterocycles. The van der Waals surface area contributed by atoms with Gasteiger partial charge < -0.3 is 10.2 Å². The Labute approximate surface area is 115 Å². The number of rotatable bonds is 4. The highest BCUT2D eigenvalue weighted by molar-refractivity contribution is 5.17. The monoisotopic (exact) mass is 262 g/mol. The van der Waals surface area contributed by atoms with Gasteiger partial charge in [0.15, 0.2) is 0 Å². The lowest BCUT2D eigenvalue weighted by Crippen LogP contribution is -2.31. The van der Waals surface area contributed by atoms with Crippen LogP contribution >= 0.6 is 0 Å². The van der Waals surface area contributed by atoms with Crippen LogP contribution < -0.4 is 5.32 Å². The van der Waals surface area contributed by atoms with Crippen LogP contribution in [-0.4, -0.2) is 31.6 Å². The van der Waals surface area contributed by atoms with Gasteiger partial charge in [-0.3, -0.25) is 0 Å². The molecule has 1 aliphatic heterocycles. The normalized spacial score (nSPS) is 24.9. The van der Waals surface area contributed by atoms with Gasteiger partial charge in [-0.1, -0.05) is 18.2 Å². The van der Waals surface area contributed by atoms with E-state index in [1.54, 1.807) is 12.1 Å². The lowest BCUT2D eigenvalue weighted by molar-refractivity contribution is 0.255. The Morgan fingerprint density at radius 1 is 1.32 bits per heavy atom. The Morgan fingerprint density at radius 3 is 2.79 bits per heavy atom. The molecule has 1 spiro atoms. The lowest BCUT2D eigenvalue weighted by Gasteiger charge is -2.25. The van der Waals surface area contributed by atoms with Gasteiger partial charge in [0.25, 0.3) is 0 Å². The summed E-state index contributed by atoms with van der Waals surface area (Å²) in [6, 6.07) is 7.11. The number of hydrogen-bond donors (Lipinski definition) is 1. The molecule has 1 saturated heterocycles. The van der Waals surface area contributed by atoms with E-state index < -0.39 is 0 Å². The Hall–Kier alpha value is -0.930. The summed E-state index contributed by atoms with van der Waals surface area (Å²) in [7, 11) is 2.11. The van der Waals surface area contributed by atoms with Crippen LogP contribution in [0.25, 0.3) is 0 Å². The van der Waals surface area contributed by atoms with Crippen LogP contribution in [0, 0.1) is 17.2 Å². The molecule has 2 aliphatic rings. The van der Waals surface area contributed by atoms with Crippen molar-refractivity contribution in [2.24, 2.45) is 11.3 Å². The summed E-state index contributed by atoms with van der Waals surface area (Å²) >= 11 is 0. The highest BCUT2D eigenvalue weighted by Gasteiger charge is 2.53. The van der Waals surface area contributed by atoms with Gasteiger partial charge in [-0.2, -0.15) is 0 Å². The maximum absolute atomic E-state index is 13.6. The van der Waals surface area contributed by atoms with Crippen molar-refractivity contribution >= 4 is 0 Å². The van der Waals surface area contributed by atoms with Crippen molar-refractivity contribution in [1.82, 2.24) is 10.2 Å². The smallest absolute Gasteiger partial charge is 0.127 e. The number of halogens is 1. The van der Waals surface area contributed by atoms with Crippen molar-refractivity contribution in [1.29, 1.82) is 0 Å². The first-order valence-electron chi connectivity index (χ1n) is 7.32. The molecule has 1 saturated carbocycles. The SMILES string of the molecule is CN(Cc1ccccc1F)CC1CC12CCNCC2. The molecular formula is C16H23FN2. The minimum absolute atomic E-state index is 0.0817. The standard InChI is InChI=1S/C16H23FN2/c1-19(11-13-4-2-3-5-15(13)17)12-14-10-16(14)6-8-18-9-7-16/h2-5,14,18H,6-12H2,1H3. The second kappa shape index (κ2) is 5.22. The van der Waals surface area contributed by atoms with Gasteiger partial charge in [-0.25, -0.2) is 4.39 Å². The van der Waals surface area contributed by atoms with Crippen molar-refractivity contribution in [2.75, 3.05) is 26.7 Å². The van der Waals surface area contributed by atoms with Gasteiger partial charge in [0.05, 0.1) is 0 Å². The first-order chi connectivity index (χ1) is 9.20. The molecule has 1 unspecified atom stereocenters.